The molecule has 1 fully saturated rings. The third kappa shape index (κ3) is 7.89. The second-order valence-corrected chi connectivity index (χ2v) is 13.2. The van der Waals surface area contributed by atoms with Gasteiger partial charge in [-0.25, -0.2) is 18.8 Å². The van der Waals surface area contributed by atoms with Crippen LogP contribution in [0.4, 0.5) is 13.2 Å². The van der Waals surface area contributed by atoms with E-state index in [9.17, 15) is 31.6 Å². The average molecular weight is 666 g/mol. The number of halogens is 4. The molecule has 0 saturated carbocycles. The summed E-state index contributed by atoms with van der Waals surface area (Å²) < 4.78 is 72.4. The zero-order chi connectivity index (χ0) is 32.1. The van der Waals surface area contributed by atoms with Gasteiger partial charge in [0.25, 0.3) is 0 Å². The highest BCUT2D eigenvalue weighted by Gasteiger charge is 2.34. The lowest BCUT2D eigenvalue weighted by Gasteiger charge is -2.30. The summed E-state index contributed by atoms with van der Waals surface area (Å²) in [6.07, 6.45) is -2.59. The molecule has 1 aliphatic heterocycles. The highest BCUT2D eigenvalue weighted by molar-refractivity contribution is 7.98. The number of pyridine rings is 1. The number of amides is 1. The monoisotopic (exact) mass is 665 g/mol. The van der Waals surface area contributed by atoms with Gasteiger partial charge in [-0.3, -0.25) is 4.79 Å². The lowest BCUT2D eigenvalue weighted by molar-refractivity contribution is -0.141. The van der Waals surface area contributed by atoms with Gasteiger partial charge in [-0.1, -0.05) is 11.6 Å². The molecule has 1 N–H and O–H groups in total. The maximum atomic E-state index is 13.3. The summed E-state index contributed by atoms with van der Waals surface area (Å²) in [6.45, 7) is 1.79. The number of carbonyl (C=O) groups excluding carboxylic acids is 1. The molecule has 9 nitrogen and oxygen atoms in total. The van der Waals surface area contributed by atoms with E-state index in [1.54, 1.807) is 18.2 Å². The molecule has 2 heterocycles. The number of nitrogens with one attached hydrogen (secondary N) is 1. The number of rotatable bonds is 9. The van der Waals surface area contributed by atoms with Crippen LogP contribution in [-0.2, 0) is 26.7 Å². The molecule has 232 valence electrons. The number of ether oxygens (including phenoxy) is 1. The van der Waals surface area contributed by atoms with Crippen molar-refractivity contribution >= 4 is 45.5 Å². The molecule has 0 atom stereocenters. The molecule has 1 saturated heterocycles. The predicted octanol–water partition coefficient (Wildman–Crippen LogP) is 5.79. The summed E-state index contributed by atoms with van der Waals surface area (Å²) in [6, 6.07) is 13.7. The number of piperidine rings is 1. The molecule has 0 radical (unpaired) electrons. The van der Waals surface area contributed by atoms with Crippen LogP contribution < -0.4 is 10.2 Å². The molecule has 0 spiro atoms. The summed E-state index contributed by atoms with van der Waals surface area (Å²) in [5, 5.41) is 13.9. The van der Waals surface area contributed by atoms with Crippen molar-refractivity contribution in [1.29, 1.82) is 5.26 Å². The van der Waals surface area contributed by atoms with E-state index in [1.807, 2.05) is 6.07 Å². The largest absolute Gasteiger partial charge is 0.496 e. The van der Waals surface area contributed by atoms with Crippen LogP contribution in [0.3, 0.4) is 0 Å². The Bertz CT molecular complexity index is 1700. The number of hydrogen-bond acceptors (Lipinski definition) is 8. The number of thioether (sulfide) groups is 1. The average Bonchev–Trinajstić information content (AvgIpc) is 2.99. The predicted molar refractivity (Wildman–Crippen MR) is 160 cm³/mol. The molecule has 1 aliphatic rings. The molecule has 3 aromatic rings. The van der Waals surface area contributed by atoms with Gasteiger partial charge in [-0.05, 0) is 79.4 Å². The smallest absolute Gasteiger partial charge is 0.433 e. The van der Waals surface area contributed by atoms with Crippen molar-refractivity contribution in [3.63, 3.8) is 0 Å². The number of aryl methyl sites for hydroxylation is 1. The van der Waals surface area contributed by atoms with Crippen LogP contribution in [-0.4, -0.2) is 50.0 Å². The van der Waals surface area contributed by atoms with E-state index in [-0.39, 0.29) is 45.8 Å². The van der Waals surface area contributed by atoms with Crippen molar-refractivity contribution in [2.24, 2.45) is 11.0 Å². The first kappa shape index (κ1) is 33.3. The first-order valence-electron chi connectivity index (χ1n) is 13.2. The summed E-state index contributed by atoms with van der Waals surface area (Å²) in [5.41, 5.74) is 2.86. The molecule has 0 unspecified atom stereocenters. The zero-order valence-corrected chi connectivity index (χ0v) is 25.9. The van der Waals surface area contributed by atoms with Crippen LogP contribution in [0.2, 0.25) is 5.02 Å². The molecule has 0 bridgehead atoms. The number of nitriles is 1. The van der Waals surface area contributed by atoms with Gasteiger partial charge in [0.2, 0.25) is 15.9 Å². The van der Waals surface area contributed by atoms with Crippen LogP contribution in [0, 0.1) is 24.2 Å². The number of hydrogen-bond donors (Lipinski definition) is 1. The van der Waals surface area contributed by atoms with Crippen LogP contribution >= 0.6 is 23.4 Å². The third-order valence-electron chi connectivity index (χ3n) is 6.92. The number of hydrazone groups is 1. The molecular weight excluding hydrogens is 639 g/mol. The highest BCUT2D eigenvalue weighted by Crippen LogP contribution is 2.35. The van der Waals surface area contributed by atoms with E-state index in [0.29, 0.717) is 34.7 Å². The van der Waals surface area contributed by atoms with Gasteiger partial charge in [0.05, 0.1) is 23.8 Å². The van der Waals surface area contributed by atoms with E-state index >= 15 is 0 Å². The fraction of sp³-hybridized carbons (Fsp3) is 0.310. The van der Waals surface area contributed by atoms with Gasteiger partial charge in [-0.15, -0.1) is 11.8 Å². The van der Waals surface area contributed by atoms with Gasteiger partial charge in [-0.2, -0.15) is 27.8 Å². The van der Waals surface area contributed by atoms with Crippen molar-refractivity contribution in [3.8, 4) is 11.8 Å². The second kappa shape index (κ2) is 14.0. The van der Waals surface area contributed by atoms with E-state index < -0.39 is 27.8 Å². The van der Waals surface area contributed by atoms with Crippen molar-refractivity contribution in [1.82, 2.24) is 14.7 Å². The lowest BCUT2D eigenvalue weighted by Crippen LogP contribution is -2.42. The topological polar surface area (TPSA) is 125 Å². The Labute approximate surface area is 262 Å². The molecule has 2 aromatic carbocycles. The maximum Gasteiger partial charge on any atom is 0.433 e. The summed E-state index contributed by atoms with van der Waals surface area (Å²) in [5.74, 6) is -0.147. The number of nitrogens with zero attached hydrogens (tertiary/aromatic N) is 4. The Hall–Kier alpha value is -3.64. The fourth-order valence-electron chi connectivity index (χ4n) is 4.54. The highest BCUT2D eigenvalue weighted by atomic mass is 35.5. The quantitative estimate of drug-likeness (QED) is 0.174. The molecule has 0 aliphatic carbocycles. The first-order chi connectivity index (χ1) is 20.8. The first-order valence-corrected chi connectivity index (χ1v) is 16.0. The minimum Gasteiger partial charge on any atom is -0.496 e. The van der Waals surface area contributed by atoms with Crippen molar-refractivity contribution < 1.29 is 31.1 Å². The molecule has 4 rings (SSSR count). The van der Waals surface area contributed by atoms with Gasteiger partial charge in [0.1, 0.15) is 22.5 Å². The zero-order valence-electron chi connectivity index (χ0n) is 23.6. The SMILES string of the molecule is COc1ccc(C=NNC(=O)C2CCN(S(=O)(=O)c3ccc(Cl)cc3)CC2)cc1CSc1nc(C(F)(F)F)cc(C)c1C#N. The number of sulfonamides is 1. The van der Waals surface area contributed by atoms with Crippen molar-refractivity contribution in [2.45, 2.75) is 41.6 Å². The fourth-order valence-corrected chi connectivity index (χ4v) is 7.17. The van der Waals surface area contributed by atoms with Gasteiger partial charge >= 0.3 is 6.18 Å². The Morgan fingerprint density at radius 3 is 2.52 bits per heavy atom. The van der Waals surface area contributed by atoms with Crippen LogP contribution in [0.5, 0.6) is 5.75 Å². The third-order valence-corrected chi connectivity index (χ3v) is 10.1. The maximum absolute atomic E-state index is 13.3. The Morgan fingerprint density at radius 1 is 1.23 bits per heavy atom. The Kier molecular flexibility index (Phi) is 10.6. The van der Waals surface area contributed by atoms with Crippen LogP contribution in [0.25, 0.3) is 0 Å². The number of benzene rings is 2. The van der Waals surface area contributed by atoms with E-state index in [1.165, 1.54) is 48.8 Å². The van der Waals surface area contributed by atoms with Gasteiger partial charge in [0, 0.05) is 35.3 Å². The number of carbonyl (C=O) groups is 1. The van der Waals surface area contributed by atoms with Crippen molar-refractivity contribution in [3.05, 3.63) is 81.5 Å². The van der Waals surface area contributed by atoms with E-state index in [4.69, 9.17) is 16.3 Å². The van der Waals surface area contributed by atoms with Gasteiger partial charge in [0.15, 0.2) is 0 Å². The molecule has 15 heteroatoms. The number of alkyl halides is 3. The molecule has 44 heavy (non-hydrogen) atoms. The Balaban J connectivity index is 1.38. The minimum absolute atomic E-state index is 0.0415. The van der Waals surface area contributed by atoms with Gasteiger partial charge < -0.3 is 4.74 Å². The van der Waals surface area contributed by atoms with Crippen molar-refractivity contribution in [2.75, 3.05) is 20.2 Å². The summed E-state index contributed by atoms with van der Waals surface area (Å²) in [7, 11) is -2.24. The normalized spacial score (nSPS) is 14.8. The number of aromatic nitrogens is 1. The summed E-state index contributed by atoms with van der Waals surface area (Å²) in [4.78, 5) is 16.5. The minimum atomic E-state index is -4.65. The molecule has 1 amide bonds. The summed E-state index contributed by atoms with van der Waals surface area (Å²) >= 11 is 6.83. The molecular formula is C29H27ClF3N5O4S2. The van der Waals surface area contributed by atoms with E-state index in [2.05, 4.69) is 15.5 Å². The molecule has 1 aromatic heterocycles. The lowest BCUT2D eigenvalue weighted by atomic mass is 9.98. The standard InChI is InChI=1S/C29H27ClF3N5O4S2/c1-18-13-26(29(31,32)33)36-28(24(18)15-34)43-17-21-14-19(3-8-25(21)42-2)16-35-37-27(39)20-9-11-38(12-10-20)44(40,41)23-6-4-22(30)5-7-23/h3-8,13-14,16,20H,9-12,17H2,1-2H3,(H,37,39). The van der Waals surface area contributed by atoms with E-state index in [0.717, 1.165) is 17.8 Å². The number of methoxy groups -OCH3 is 1. The van der Waals surface area contributed by atoms with Crippen LogP contribution in [0.1, 0.15) is 40.8 Å². The second-order valence-electron chi connectivity index (χ2n) is 9.84. The van der Waals surface area contributed by atoms with Crippen LogP contribution in [0.15, 0.2) is 63.6 Å². The Morgan fingerprint density at radius 2 is 1.91 bits per heavy atom.